The Morgan fingerprint density at radius 3 is 2.62 bits per heavy atom. The number of carbonyl (C=O) groups is 1. The molecule has 1 N–H and O–H groups in total. The highest BCUT2D eigenvalue weighted by atomic mass is 16.5. The van der Waals surface area contributed by atoms with Gasteiger partial charge in [0, 0.05) is 12.7 Å². The van der Waals surface area contributed by atoms with E-state index in [4.69, 9.17) is 4.74 Å². The third-order valence-corrected chi connectivity index (χ3v) is 3.49. The van der Waals surface area contributed by atoms with Crippen LogP contribution in [0.1, 0.15) is 17.5 Å². The topological polar surface area (TPSA) is 59.4 Å². The maximum atomic E-state index is 12.0. The van der Waals surface area contributed by atoms with E-state index in [9.17, 15) is 4.79 Å². The molecule has 0 aliphatic heterocycles. The number of hydrogen-bond acceptors (Lipinski definition) is 4. The van der Waals surface area contributed by atoms with Gasteiger partial charge in [0.1, 0.15) is 5.75 Å². The molecule has 6 heteroatoms. The molecule has 2 aromatic rings. The molecular weight excluding hydrogens is 304 g/mol. The molecule has 0 radical (unpaired) electrons. The summed E-state index contributed by atoms with van der Waals surface area (Å²) in [6.07, 6.45) is 3.81. The van der Waals surface area contributed by atoms with Crippen LogP contribution in [-0.4, -0.2) is 47.8 Å². The molecule has 1 heterocycles. The number of carbonyl (C=O) groups excluding carboxylic acids is 1. The van der Waals surface area contributed by atoms with Gasteiger partial charge in [-0.25, -0.2) is 0 Å². The number of aromatic nitrogens is 2. The van der Waals surface area contributed by atoms with Crippen LogP contribution in [0, 0.1) is 13.8 Å². The predicted octanol–water partition coefficient (Wildman–Crippen LogP) is 2.47. The summed E-state index contributed by atoms with van der Waals surface area (Å²) in [7, 11) is 4.03. The number of likely N-dealkylation sites (N-methyl/N-ethyl adjacent to an activating group) is 1. The highest BCUT2D eigenvalue weighted by Crippen LogP contribution is 2.16. The minimum Gasteiger partial charge on any atom is -0.493 e. The van der Waals surface area contributed by atoms with Gasteiger partial charge in [0.05, 0.1) is 31.5 Å². The Morgan fingerprint density at radius 1 is 1.25 bits per heavy atom. The maximum absolute atomic E-state index is 12.0. The number of nitrogens with zero attached hydrogens (tertiary/aromatic N) is 3. The summed E-state index contributed by atoms with van der Waals surface area (Å²) in [5, 5.41) is 7.08. The molecule has 24 heavy (non-hydrogen) atoms. The molecule has 0 atom stereocenters. The number of ether oxygens (including phenoxy) is 1. The van der Waals surface area contributed by atoms with Gasteiger partial charge in [-0.3, -0.25) is 9.48 Å². The molecule has 0 bridgehead atoms. The summed E-state index contributed by atoms with van der Waals surface area (Å²) < 4.78 is 7.48. The van der Waals surface area contributed by atoms with Gasteiger partial charge in [-0.2, -0.15) is 5.10 Å². The average Bonchev–Trinajstić information content (AvgIpc) is 2.91. The highest BCUT2D eigenvalue weighted by Gasteiger charge is 2.06. The van der Waals surface area contributed by atoms with Crippen molar-refractivity contribution in [3.8, 4) is 5.75 Å². The first kappa shape index (κ1) is 18.0. The molecule has 0 aliphatic rings. The van der Waals surface area contributed by atoms with E-state index >= 15 is 0 Å². The van der Waals surface area contributed by atoms with Gasteiger partial charge in [-0.15, -0.1) is 0 Å². The third kappa shape index (κ3) is 6.04. The second-order valence-corrected chi connectivity index (χ2v) is 6.27. The number of rotatable bonds is 8. The first-order valence-electron chi connectivity index (χ1n) is 8.10. The largest absolute Gasteiger partial charge is 0.493 e. The van der Waals surface area contributed by atoms with Crippen molar-refractivity contribution in [1.29, 1.82) is 0 Å². The van der Waals surface area contributed by atoms with Crippen molar-refractivity contribution >= 4 is 11.6 Å². The van der Waals surface area contributed by atoms with Crippen molar-refractivity contribution in [2.75, 3.05) is 32.6 Å². The van der Waals surface area contributed by atoms with Gasteiger partial charge < -0.3 is 15.0 Å². The SMILES string of the molecule is Cc1cc(C)cc(OCCC(=O)Nc2cnn(CCN(C)C)c2)c1. The molecule has 0 aliphatic carbocycles. The molecule has 0 spiro atoms. The Balaban J connectivity index is 1.75. The van der Waals surface area contributed by atoms with Crippen LogP contribution in [-0.2, 0) is 11.3 Å². The van der Waals surface area contributed by atoms with Crippen molar-refractivity contribution in [1.82, 2.24) is 14.7 Å². The smallest absolute Gasteiger partial charge is 0.227 e. The minimum atomic E-state index is -0.0773. The molecule has 1 aromatic heterocycles. The fourth-order valence-corrected chi connectivity index (χ4v) is 2.35. The number of benzene rings is 1. The monoisotopic (exact) mass is 330 g/mol. The highest BCUT2D eigenvalue weighted by molar-refractivity contribution is 5.90. The van der Waals surface area contributed by atoms with Crippen LogP contribution >= 0.6 is 0 Å². The lowest BCUT2D eigenvalue weighted by atomic mass is 10.1. The van der Waals surface area contributed by atoms with Gasteiger partial charge in [0.2, 0.25) is 5.91 Å². The zero-order valence-corrected chi connectivity index (χ0v) is 14.9. The lowest BCUT2D eigenvalue weighted by Crippen LogP contribution is -2.18. The Bertz CT molecular complexity index is 659. The fourth-order valence-electron chi connectivity index (χ4n) is 2.35. The third-order valence-electron chi connectivity index (χ3n) is 3.49. The predicted molar refractivity (Wildman–Crippen MR) is 95.4 cm³/mol. The summed E-state index contributed by atoms with van der Waals surface area (Å²) >= 11 is 0. The summed E-state index contributed by atoms with van der Waals surface area (Å²) in [6, 6.07) is 6.03. The zero-order valence-electron chi connectivity index (χ0n) is 14.9. The van der Waals surface area contributed by atoms with E-state index in [2.05, 4.69) is 21.4 Å². The Kier molecular flexibility index (Phi) is 6.37. The molecule has 130 valence electrons. The lowest BCUT2D eigenvalue weighted by molar-refractivity contribution is -0.116. The van der Waals surface area contributed by atoms with Gasteiger partial charge in [0.15, 0.2) is 0 Å². The van der Waals surface area contributed by atoms with Crippen molar-refractivity contribution in [2.45, 2.75) is 26.8 Å². The summed E-state index contributed by atoms with van der Waals surface area (Å²) in [5.41, 5.74) is 3.02. The second kappa shape index (κ2) is 8.49. The van der Waals surface area contributed by atoms with Crippen LogP contribution in [0.3, 0.4) is 0 Å². The van der Waals surface area contributed by atoms with Crippen LogP contribution in [0.4, 0.5) is 5.69 Å². The summed E-state index contributed by atoms with van der Waals surface area (Å²) in [5.74, 6) is 0.725. The number of nitrogens with one attached hydrogen (secondary N) is 1. The fraction of sp³-hybridized carbons (Fsp3) is 0.444. The maximum Gasteiger partial charge on any atom is 0.227 e. The molecule has 6 nitrogen and oxygen atoms in total. The Hall–Kier alpha value is -2.34. The molecule has 0 unspecified atom stereocenters. The standard InChI is InChI=1S/C18H26N4O2/c1-14-9-15(2)11-17(10-14)24-8-5-18(23)20-16-12-19-22(13-16)7-6-21(3)4/h9-13H,5-8H2,1-4H3,(H,20,23). The lowest BCUT2D eigenvalue weighted by Gasteiger charge is -2.09. The van der Waals surface area contributed by atoms with Gasteiger partial charge in [-0.05, 0) is 51.2 Å². The van der Waals surface area contributed by atoms with E-state index in [0.717, 1.165) is 30.0 Å². The van der Waals surface area contributed by atoms with E-state index < -0.39 is 0 Å². The van der Waals surface area contributed by atoms with E-state index in [-0.39, 0.29) is 5.91 Å². The minimum absolute atomic E-state index is 0.0773. The van der Waals surface area contributed by atoms with Crippen LogP contribution in [0.15, 0.2) is 30.6 Å². The summed E-state index contributed by atoms with van der Waals surface area (Å²) in [6.45, 7) is 6.10. The van der Waals surface area contributed by atoms with E-state index in [1.54, 1.807) is 6.20 Å². The Labute approximate surface area is 143 Å². The van der Waals surface area contributed by atoms with Crippen molar-refractivity contribution < 1.29 is 9.53 Å². The normalized spacial score (nSPS) is 10.9. The van der Waals surface area contributed by atoms with Crippen LogP contribution in [0.5, 0.6) is 5.75 Å². The molecule has 0 fully saturated rings. The molecule has 0 saturated carbocycles. The quantitative estimate of drug-likeness (QED) is 0.808. The van der Waals surface area contributed by atoms with Crippen LogP contribution in [0.25, 0.3) is 0 Å². The average molecular weight is 330 g/mol. The van der Waals surface area contributed by atoms with Crippen molar-refractivity contribution in [3.63, 3.8) is 0 Å². The van der Waals surface area contributed by atoms with E-state index in [1.165, 1.54) is 0 Å². The van der Waals surface area contributed by atoms with Gasteiger partial charge in [-0.1, -0.05) is 6.07 Å². The number of amides is 1. The Morgan fingerprint density at radius 2 is 1.96 bits per heavy atom. The molecule has 1 amide bonds. The van der Waals surface area contributed by atoms with E-state index in [0.29, 0.717) is 18.7 Å². The van der Waals surface area contributed by atoms with Gasteiger partial charge >= 0.3 is 0 Å². The molecule has 1 aromatic carbocycles. The number of aryl methyl sites for hydroxylation is 2. The number of anilines is 1. The van der Waals surface area contributed by atoms with Gasteiger partial charge in [0.25, 0.3) is 0 Å². The first-order chi connectivity index (χ1) is 11.4. The number of hydrogen-bond donors (Lipinski definition) is 1. The van der Waals surface area contributed by atoms with Crippen LogP contribution < -0.4 is 10.1 Å². The van der Waals surface area contributed by atoms with E-state index in [1.807, 2.05) is 51.0 Å². The second-order valence-electron chi connectivity index (χ2n) is 6.27. The molecule has 2 rings (SSSR count). The van der Waals surface area contributed by atoms with Crippen molar-refractivity contribution in [3.05, 3.63) is 41.7 Å². The molecular formula is C18H26N4O2. The molecule has 0 saturated heterocycles. The summed E-state index contributed by atoms with van der Waals surface area (Å²) in [4.78, 5) is 14.1. The first-order valence-corrected chi connectivity index (χ1v) is 8.10. The zero-order chi connectivity index (χ0) is 17.5. The van der Waals surface area contributed by atoms with Crippen molar-refractivity contribution in [2.24, 2.45) is 0 Å². The van der Waals surface area contributed by atoms with Crippen LogP contribution in [0.2, 0.25) is 0 Å².